The molecule has 2 aromatic heterocycles. The van der Waals surface area contributed by atoms with Crippen molar-refractivity contribution >= 4 is 34.8 Å². The van der Waals surface area contributed by atoms with Gasteiger partial charge in [0.2, 0.25) is 0 Å². The summed E-state index contributed by atoms with van der Waals surface area (Å²) < 4.78 is 0. The number of rotatable bonds is 8. The molecule has 1 saturated heterocycles. The third-order valence-electron chi connectivity index (χ3n) is 5.12. The molecule has 1 fully saturated rings. The van der Waals surface area contributed by atoms with E-state index in [4.69, 9.17) is 0 Å². The monoisotopic (exact) mass is 438 g/mol. The second-order valence-corrected chi connectivity index (χ2v) is 9.24. The smallest absolute Gasteiger partial charge is 0.319 e. The number of aromatic nitrogens is 1. The summed E-state index contributed by atoms with van der Waals surface area (Å²) in [5.74, 6) is 0.809. The zero-order valence-corrected chi connectivity index (χ0v) is 18.4. The van der Waals surface area contributed by atoms with Crippen LogP contribution in [0.3, 0.4) is 0 Å². The molecule has 2 amide bonds. The molecular formula is C23H26N4OS2. The molecular weight excluding hydrogens is 412 g/mol. The van der Waals surface area contributed by atoms with Gasteiger partial charge in [-0.25, -0.2) is 9.78 Å². The van der Waals surface area contributed by atoms with Crippen LogP contribution in [0, 0.1) is 0 Å². The van der Waals surface area contributed by atoms with Gasteiger partial charge >= 0.3 is 6.03 Å². The van der Waals surface area contributed by atoms with Crippen LogP contribution in [0.4, 0.5) is 10.5 Å². The molecule has 2 N–H and O–H groups in total. The molecule has 0 radical (unpaired) electrons. The van der Waals surface area contributed by atoms with Crippen molar-refractivity contribution in [2.24, 2.45) is 0 Å². The number of urea groups is 1. The van der Waals surface area contributed by atoms with Crippen LogP contribution in [0.1, 0.15) is 29.3 Å². The second kappa shape index (κ2) is 10.6. The summed E-state index contributed by atoms with van der Waals surface area (Å²) in [5, 5.41) is 9.15. The number of likely N-dealkylation sites (tertiary alicyclic amines) is 1. The topological polar surface area (TPSA) is 57.3 Å². The Balaban J connectivity index is 1.31. The first-order valence-electron chi connectivity index (χ1n) is 10.2. The van der Waals surface area contributed by atoms with Crippen molar-refractivity contribution in [2.75, 3.05) is 25.0 Å². The summed E-state index contributed by atoms with van der Waals surface area (Å²) >= 11 is 3.44. The van der Waals surface area contributed by atoms with Crippen LogP contribution >= 0.6 is 23.1 Å². The number of amides is 2. The maximum Gasteiger partial charge on any atom is 0.319 e. The number of pyridine rings is 1. The van der Waals surface area contributed by atoms with Crippen molar-refractivity contribution in [3.63, 3.8) is 0 Å². The highest BCUT2D eigenvalue weighted by Crippen LogP contribution is 2.28. The van der Waals surface area contributed by atoms with E-state index in [-0.39, 0.29) is 12.1 Å². The molecule has 156 valence electrons. The van der Waals surface area contributed by atoms with Crippen LogP contribution in [-0.2, 0) is 5.75 Å². The van der Waals surface area contributed by atoms with Crippen molar-refractivity contribution in [3.8, 4) is 0 Å². The number of anilines is 1. The summed E-state index contributed by atoms with van der Waals surface area (Å²) in [6.07, 6.45) is 4.27. The lowest BCUT2D eigenvalue weighted by Crippen LogP contribution is -2.38. The molecule has 1 aliphatic rings. The van der Waals surface area contributed by atoms with Crippen LogP contribution in [0.25, 0.3) is 0 Å². The lowest BCUT2D eigenvalue weighted by atomic mass is 10.2. The molecule has 0 aliphatic carbocycles. The van der Waals surface area contributed by atoms with E-state index in [0.29, 0.717) is 6.54 Å². The summed E-state index contributed by atoms with van der Waals surface area (Å²) in [7, 11) is 0. The average Bonchev–Trinajstić information content (AvgIpc) is 3.49. The van der Waals surface area contributed by atoms with Gasteiger partial charge in [-0.15, -0.1) is 23.1 Å². The number of thioether (sulfide) groups is 1. The first kappa shape index (κ1) is 20.9. The standard InChI is InChI=1S/C23H26N4OS2/c28-23(25-16-20(21-9-6-14-29-21)27-12-3-4-13-27)26-19-8-5-7-18(15-19)17-30-22-10-1-2-11-24-22/h1-2,5-11,14-15,20H,3-4,12-13,16-17H2,(H2,25,26,28). The molecule has 0 spiro atoms. The molecule has 4 rings (SSSR count). The van der Waals surface area contributed by atoms with Gasteiger partial charge in [0.25, 0.3) is 0 Å². The van der Waals surface area contributed by atoms with Crippen molar-refractivity contribution in [1.29, 1.82) is 0 Å². The third-order valence-corrected chi connectivity index (χ3v) is 7.11. The number of thiophene rings is 1. The number of benzene rings is 1. The normalized spacial score (nSPS) is 15.1. The van der Waals surface area contributed by atoms with Crippen LogP contribution < -0.4 is 10.6 Å². The molecule has 3 heterocycles. The highest BCUT2D eigenvalue weighted by atomic mass is 32.2. The Hall–Kier alpha value is -2.35. The fourth-order valence-electron chi connectivity index (χ4n) is 3.64. The number of hydrogen-bond acceptors (Lipinski definition) is 5. The minimum absolute atomic E-state index is 0.162. The quantitative estimate of drug-likeness (QED) is 0.463. The van der Waals surface area contributed by atoms with E-state index >= 15 is 0 Å². The van der Waals surface area contributed by atoms with Gasteiger partial charge in [-0.2, -0.15) is 0 Å². The Morgan fingerprint density at radius 2 is 2.03 bits per heavy atom. The van der Waals surface area contributed by atoms with Crippen molar-refractivity contribution in [3.05, 3.63) is 76.6 Å². The average molecular weight is 439 g/mol. The van der Waals surface area contributed by atoms with Gasteiger partial charge in [0.05, 0.1) is 11.1 Å². The lowest BCUT2D eigenvalue weighted by Gasteiger charge is -2.27. The number of carbonyl (C=O) groups is 1. The van der Waals surface area contributed by atoms with Crippen LogP contribution in [0.2, 0.25) is 0 Å². The number of nitrogens with one attached hydrogen (secondary N) is 2. The largest absolute Gasteiger partial charge is 0.336 e. The molecule has 1 aliphatic heterocycles. The number of nitrogens with zero attached hydrogens (tertiary/aromatic N) is 2. The Bertz CT molecular complexity index is 927. The van der Waals surface area contributed by atoms with Gasteiger partial charge in [-0.1, -0.05) is 24.3 Å². The number of carbonyl (C=O) groups excluding carboxylic acids is 1. The fourth-order valence-corrected chi connectivity index (χ4v) is 5.30. The van der Waals surface area contributed by atoms with E-state index in [9.17, 15) is 4.79 Å². The van der Waals surface area contributed by atoms with Gasteiger partial charge in [-0.05, 0) is 67.2 Å². The second-order valence-electron chi connectivity index (χ2n) is 7.27. The van der Waals surface area contributed by atoms with Crippen LogP contribution in [-0.4, -0.2) is 35.5 Å². The predicted octanol–water partition coefficient (Wildman–Crippen LogP) is 5.39. The van der Waals surface area contributed by atoms with Gasteiger partial charge in [0, 0.05) is 29.1 Å². The van der Waals surface area contributed by atoms with Crippen molar-refractivity contribution < 1.29 is 4.79 Å². The maximum atomic E-state index is 12.5. The zero-order chi connectivity index (χ0) is 20.6. The molecule has 5 nitrogen and oxygen atoms in total. The van der Waals surface area contributed by atoms with Crippen molar-refractivity contribution in [1.82, 2.24) is 15.2 Å². The fraction of sp³-hybridized carbons (Fsp3) is 0.304. The molecule has 1 atom stereocenters. The SMILES string of the molecule is O=C(NCC(c1cccs1)N1CCCC1)Nc1cccc(CSc2ccccn2)c1. The van der Waals surface area contributed by atoms with E-state index in [2.05, 4.69) is 44.1 Å². The zero-order valence-electron chi connectivity index (χ0n) is 16.8. The molecule has 1 aromatic carbocycles. The maximum absolute atomic E-state index is 12.5. The number of hydrogen-bond donors (Lipinski definition) is 2. The van der Waals surface area contributed by atoms with Gasteiger partial charge in [0.1, 0.15) is 0 Å². The molecule has 7 heteroatoms. The van der Waals surface area contributed by atoms with Crippen LogP contribution in [0.5, 0.6) is 0 Å². The molecule has 0 saturated carbocycles. The van der Waals surface area contributed by atoms with Gasteiger partial charge in [-0.3, -0.25) is 4.90 Å². The van der Waals surface area contributed by atoms with Crippen molar-refractivity contribution in [2.45, 2.75) is 29.7 Å². The van der Waals surface area contributed by atoms with Gasteiger partial charge in [0.15, 0.2) is 0 Å². The summed E-state index contributed by atoms with van der Waals surface area (Å²) in [4.78, 5) is 20.7. The van der Waals surface area contributed by atoms with E-state index in [0.717, 1.165) is 35.1 Å². The Morgan fingerprint density at radius 1 is 1.13 bits per heavy atom. The molecule has 30 heavy (non-hydrogen) atoms. The molecule has 3 aromatic rings. The first-order valence-corrected chi connectivity index (χ1v) is 12.1. The van der Waals surface area contributed by atoms with E-state index < -0.39 is 0 Å². The van der Waals surface area contributed by atoms with Crippen LogP contribution in [0.15, 0.2) is 71.2 Å². The summed E-state index contributed by atoms with van der Waals surface area (Å²) in [6.45, 7) is 2.81. The third kappa shape index (κ3) is 5.84. The van der Waals surface area contributed by atoms with E-state index in [1.54, 1.807) is 29.3 Å². The van der Waals surface area contributed by atoms with E-state index in [1.165, 1.54) is 17.7 Å². The predicted molar refractivity (Wildman–Crippen MR) is 125 cm³/mol. The Labute approximate surface area is 185 Å². The van der Waals surface area contributed by atoms with Gasteiger partial charge < -0.3 is 10.6 Å². The lowest BCUT2D eigenvalue weighted by molar-refractivity contribution is 0.229. The summed E-state index contributed by atoms with van der Waals surface area (Å²) in [6, 6.07) is 18.2. The Kier molecular flexibility index (Phi) is 7.39. The highest BCUT2D eigenvalue weighted by molar-refractivity contribution is 7.98. The molecule has 1 unspecified atom stereocenters. The van der Waals surface area contributed by atoms with E-state index in [1.807, 2.05) is 36.4 Å². The first-order chi connectivity index (χ1) is 14.8. The minimum atomic E-state index is -0.162. The highest BCUT2D eigenvalue weighted by Gasteiger charge is 2.24. The Morgan fingerprint density at radius 3 is 2.80 bits per heavy atom. The summed E-state index contributed by atoms with van der Waals surface area (Å²) in [5.41, 5.74) is 1.96. The molecule has 0 bridgehead atoms. The minimum Gasteiger partial charge on any atom is -0.336 e.